The third kappa shape index (κ3) is 4.48. The Morgan fingerprint density at radius 3 is 2.76 bits per heavy atom. The maximum absolute atomic E-state index is 12.2. The van der Waals surface area contributed by atoms with Gasteiger partial charge in [-0.15, -0.1) is 10.2 Å². The van der Waals surface area contributed by atoms with Crippen LogP contribution in [-0.4, -0.2) is 25.2 Å². The maximum Gasteiger partial charge on any atom is 0.307 e. The van der Waals surface area contributed by atoms with Gasteiger partial charge in [-0.3, -0.25) is 9.59 Å². The Bertz CT molecular complexity index is 1050. The number of hydrogen-bond donors (Lipinski definition) is 1. The first-order valence-corrected chi connectivity index (χ1v) is 11.0. The second kappa shape index (κ2) is 8.73. The zero-order valence-corrected chi connectivity index (χ0v) is 17.4. The van der Waals surface area contributed by atoms with Gasteiger partial charge in [0.25, 0.3) is 0 Å². The first-order chi connectivity index (χ1) is 14.1. The molecule has 0 aliphatic carbocycles. The molecule has 0 saturated carbocycles. The molecule has 3 heterocycles. The minimum absolute atomic E-state index is 0.0323. The zero-order valence-electron chi connectivity index (χ0n) is 16.6. The molecular formula is C21H25N5O2S. The molecule has 0 atom stereocenters. The van der Waals surface area contributed by atoms with Gasteiger partial charge >= 0.3 is 4.87 Å². The topological polar surface area (TPSA) is 81.8 Å². The molecule has 0 unspecified atom stereocenters. The fourth-order valence-corrected chi connectivity index (χ4v) is 4.46. The lowest BCUT2D eigenvalue weighted by molar-refractivity contribution is -0.116. The SMILES string of the molecule is Cc1csc(=O)n1CCCC(=O)Nc1ccc(-c2nnc3n2CCCCC3)cc1. The van der Waals surface area contributed by atoms with E-state index in [4.69, 9.17) is 0 Å². The zero-order chi connectivity index (χ0) is 20.2. The largest absolute Gasteiger partial charge is 0.326 e. The Morgan fingerprint density at radius 1 is 1.17 bits per heavy atom. The smallest absolute Gasteiger partial charge is 0.307 e. The number of aryl methyl sites for hydroxylation is 2. The predicted octanol–water partition coefficient (Wildman–Crippen LogP) is 3.62. The number of amides is 1. The number of aromatic nitrogens is 4. The number of carbonyl (C=O) groups excluding carboxylic acids is 1. The monoisotopic (exact) mass is 411 g/mol. The van der Waals surface area contributed by atoms with Gasteiger partial charge in [-0.2, -0.15) is 0 Å². The molecule has 152 valence electrons. The van der Waals surface area contributed by atoms with Crippen LogP contribution in [0.4, 0.5) is 5.69 Å². The minimum atomic E-state index is -0.0463. The fraction of sp³-hybridized carbons (Fsp3) is 0.429. The summed E-state index contributed by atoms with van der Waals surface area (Å²) in [7, 11) is 0. The number of rotatable bonds is 6. The van der Waals surface area contributed by atoms with E-state index in [1.807, 2.05) is 36.6 Å². The number of anilines is 1. The van der Waals surface area contributed by atoms with Gasteiger partial charge in [0.05, 0.1) is 0 Å². The van der Waals surface area contributed by atoms with E-state index in [1.54, 1.807) is 4.57 Å². The highest BCUT2D eigenvalue weighted by molar-refractivity contribution is 7.07. The van der Waals surface area contributed by atoms with Gasteiger partial charge in [-0.25, -0.2) is 0 Å². The molecule has 1 N–H and O–H groups in total. The lowest BCUT2D eigenvalue weighted by Crippen LogP contribution is -2.17. The third-order valence-electron chi connectivity index (χ3n) is 5.30. The van der Waals surface area contributed by atoms with Crippen molar-refractivity contribution in [3.8, 4) is 11.4 Å². The molecule has 8 heteroatoms. The molecule has 2 aromatic heterocycles. The molecule has 1 aromatic carbocycles. The van der Waals surface area contributed by atoms with E-state index in [0.29, 0.717) is 19.4 Å². The standard InChI is InChI=1S/C21H25N5O2S/c1-15-14-29-21(28)25(15)13-5-7-19(27)22-17-10-8-16(9-11-17)20-24-23-18-6-3-2-4-12-26(18)20/h8-11,14H,2-7,12-13H2,1H3,(H,22,27). The first-order valence-electron chi connectivity index (χ1n) is 10.1. The van der Waals surface area contributed by atoms with Crippen molar-refractivity contribution in [3.05, 3.63) is 50.8 Å². The van der Waals surface area contributed by atoms with Crippen LogP contribution in [0.15, 0.2) is 34.4 Å². The minimum Gasteiger partial charge on any atom is -0.326 e. The summed E-state index contributed by atoms with van der Waals surface area (Å²) in [6.07, 6.45) is 5.55. The Hall–Kier alpha value is -2.74. The van der Waals surface area contributed by atoms with Crippen LogP contribution in [0.2, 0.25) is 0 Å². The van der Waals surface area contributed by atoms with Crippen LogP contribution in [0.3, 0.4) is 0 Å². The second-order valence-electron chi connectivity index (χ2n) is 7.43. The van der Waals surface area contributed by atoms with E-state index < -0.39 is 0 Å². The average Bonchev–Trinajstić information content (AvgIpc) is 3.16. The number of benzene rings is 1. The van der Waals surface area contributed by atoms with Gasteiger partial charge in [0.2, 0.25) is 5.91 Å². The van der Waals surface area contributed by atoms with E-state index in [2.05, 4.69) is 20.1 Å². The molecule has 0 spiro atoms. The van der Waals surface area contributed by atoms with E-state index >= 15 is 0 Å². The number of nitrogens with one attached hydrogen (secondary N) is 1. The summed E-state index contributed by atoms with van der Waals surface area (Å²) < 4.78 is 3.93. The molecule has 1 aliphatic heterocycles. The predicted molar refractivity (Wildman–Crippen MR) is 114 cm³/mol. The molecule has 1 amide bonds. The Labute approximate surface area is 173 Å². The number of fused-ring (bicyclic) bond motifs is 1. The van der Waals surface area contributed by atoms with Crippen LogP contribution in [-0.2, 0) is 24.3 Å². The van der Waals surface area contributed by atoms with Crippen LogP contribution in [0.25, 0.3) is 11.4 Å². The van der Waals surface area contributed by atoms with Crippen molar-refractivity contribution in [3.63, 3.8) is 0 Å². The highest BCUT2D eigenvalue weighted by Crippen LogP contribution is 2.24. The summed E-state index contributed by atoms with van der Waals surface area (Å²) in [5.41, 5.74) is 2.72. The quantitative estimate of drug-likeness (QED) is 0.672. The van der Waals surface area contributed by atoms with Gasteiger partial charge in [-0.05, 0) is 50.5 Å². The van der Waals surface area contributed by atoms with Gasteiger partial charge in [-0.1, -0.05) is 17.8 Å². The average molecular weight is 412 g/mol. The molecule has 1 aliphatic rings. The second-order valence-corrected chi connectivity index (χ2v) is 8.25. The van der Waals surface area contributed by atoms with E-state index in [1.165, 1.54) is 24.2 Å². The number of thiazole rings is 1. The van der Waals surface area contributed by atoms with Gasteiger partial charge in [0, 0.05) is 48.3 Å². The van der Waals surface area contributed by atoms with Crippen molar-refractivity contribution in [2.24, 2.45) is 0 Å². The lowest BCUT2D eigenvalue weighted by Gasteiger charge is -2.09. The Morgan fingerprint density at radius 2 is 2.00 bits per heavy atom. The van der Waals surface area contributed by atoms with Crippen molar-refractivity contribution < 1.29 is 4.79 Å². The molecule has 4 rings (SSSR count). The summed E-state index contributed by atoms with van der Waals surface area (Å²) in [6.45, 7) is 3.44. The number of carbonyl (C=O) groups is 1. The van der Waals surface area contributed by atoms with Crippen molar-refractivity contribution in [1.29, 1.82) is 0 Å². The number of nitrogens with zero attached hydrogens (tertiary/aromatic N) is 4. The van der Waals surface area contributed by atoms with Gasteiger partial charge in [0.1, 0.15) is 5.82 Å². The third-order valence-corrected chi connectivity index (χ3v) is 6.18. The molecular weight excluding hydrogens is 386 g/mol. The summed E-state index contributed by atoms with van der Waals surface area (Å²) in [4.78, 5) is 24.0. The van der Waals surface area contributed by atoms with Crippen LogP contribution >= 0.6 is 11.3 Å². The van der Waals surface area contributed by atoms with Crippen LogP contribution in [0, 0.1) is 6.92 Å². The summed E-state index contributed by atoms with van der Waals surface area (Å²) in [5, 5.41) is 13.5. The van der Waals surface area contributed by atoms with Crippen LogP contribution in [0.1, 0.15) is 43.6 Å². The van der Waals surface area contributed by atoms with Crippen LogP contribution in [0.5, 0.6) is 0 Å². The normalized spacial score (nSPS) is 13.7. The summed E-state index contributed by atoms with van der Waals surface area (Å²) >= 11 is 1.20. The summed E-state index contributed by atoms with van der Waals surface area (Å²) in [6, 6.07) is 7.76. The fourth-order valence-electron chi connectivity index (χ4n) is 3.70. The van der Waals surface area contributed by atoms with E-state index in [9.17, 15) is 9.59 Å². The highest BCUT2D eigenvalue weighted by Gasteiger charge is 2.16. The first kappa shape index (κ1) is 19.6. The molecule has 29 heavy (non-hydrogen) atoms. The van der Waals surface area contributed by atoms with Crippen molar-refractivity contribution >= 4 is 22.9 Å². The Kier molecular flexibility index (Phi) is 5.89. The molecule has 0 radical (unpaired) electrons. The summed E-state index contributed by atoms with van der Waals surface area (Å²) in [5.74, 6) is 1.92. The van der Waals surface area contributed by atoms with Gasteiger partial charge in [0.15, 0.2) is 5.82 Å². The van der Waals surface area contributed by atoms with E-state index in [-0.39, 0.29) is 10.8 Å². The molecule has 7 nitrogen and oxygen atoms in total. The van der Waals surface area contributed by atoms with Crippen molar-refractivity contribution in [2.75, 3.05) is 5.32 Å². The molecule has 0 fully saturated rings. The van der Waals surface area contributed by atoms with Crippen molar-refractivity contribution in [2.45, 2.75) is 58.5 Å². The highest BCUT2D eigenvalue weighted by atomic mass is 32.1. The number of hydrogen-bond acceptors (Lipinski definition) is 5. The Balaban J connectivity index is 1.34. The maximum atomic E-state index is 12.2. The molecule has 0 saturated heterocycles. The molecule has 0 bridgehead atoms. The molecule has 3 aromatic rings. The van der Waals surface area contributed by atoms with E-state index in [0.717, 1.165) is 48.0 Å². The van der Waals surface area contributed by atoms with Gasteiger partial charge < -0.3 is 14.5 Å². The van der Waals surface area contributed by atoms with Crippen molar-refractivity contribution in [1.82, 2.24) is 19.3 Å². The van der Waals surface area contributed by atoms with Crippen LogP contribution < -0.4 is 10.2 Å². The lowest BCUT2D eigenvalue weighted by atomic mass is 10.2.